The number of hydrogen-bond donors (Lipinski definition) is 1. The molecule has 0 atom stereocenters. The number of nitrogens with zero attached hydrogens (tertiary/aromatic N) is 2. The van der Waals surface area contributed by atoms with Gasteiger partial charge in [0.25, 0.3) is 11.6 Å². The van der Waals surface area contributed by atoms with Crippen LogP contribution in [0.5, 0.6) is 0 Å². The number of aryl methyl sites for hydroxylation is 1. The van der Waals surface area contributed by atoms with Crippen LogP contribution >= 0.6 is 11.6 Å². The summed E-state index contributed by atoms with van der Waals surface area (Å²) in [5.74, 6) is -1.34. The summed E-state index contributed by atoms with van der Waals surface area (Å²) in [5.41, 5.74) is 0.661. The van der Waals surface area contributed by atoms with Gasteiger partial charge in [-0.1, -0.05) is 11.6 Å². The number of nitrogens with one attached hydrogen (secondary N) is 1. The molecule has 0 aliphatic carbocycles. The Morgan fingerprint density at radius 2 is 2.14 bits per heavy atom. The second-order valence-electron chi connectivity index (χ2n) is 4.20. The third kappa shape index (κ3) is 3.32. The molecule has 0 saturated heterocycles. The first-order valence-corrected chi connectivity index (χ1v) is 6.13. The van der Waals surface area contributed by atoms with Crippen molar-refractivity contribution >= 4 is 28.9 Å². The molecule has 0 spiro atoms. The smallest absolute Gasteiger partial charge is 0.269 e. The molecule has 0 aliphatic rings. The highest BCUT2D eigenvalue weighted by atomic mass is 35.5. The lowest BCUT2D eigenvalue weighted by Crippen LogP contribution is -2.14. The zero-order valence-electron chi connectivity index (χ0n) is 10.8. The van der Waals surface area contributed by atoms with Crippen LogP contribution in [0.2, 0.25) is 5.15 Å². The Morgan fingerprint density at radius 3 is 2.76 bits per heavy atom. The van der Waals surface area contributed by atoms with Crippen LogP contribution in [-0.4, -0.2) is 15.8 Å². The van der Waals surface area contributed by atoms with Crippen LogP contribution in [0, 0.1) is 22.9 Å². The van der Waals surface area contributed by atoms with Gasteiger partial charge in [-0.3, -0.25) is 14.9 Å². The largest absolute Gasteiger partial charge is 0.322 e. The van der Waals surface area contributed by atoms with Gasteiger partial charge in [0, 0.05) is 17.8 Å². The van der Waals surface area contributed by atoms with Crippen molar-refractivity contribution in [2.75, 3.05) is 5.32 Å². The van der Waals surface area contributed by atoms with Gasteiger partial charge in [-0.05, 0) is 24.6 Å². The number of benzene rings is 1. The molecular formula is C13H9ClFN3O3. The number of pyridine rings is 1. The first-order valence-electron chi connectivity index (χ1n) is 5.76. The van der Waals surface area contributed by atoms with Crippen LogP contribution in [0.4, 0.5) is 15.8 Å². The summed E-state index contributed by atoms with van der Waals surface area (Å²) in [7, 11) is 0. The van der Waals surface area contributed by atoms with Crippen molar-refractivity contribution in [3.05, 3.63) is 62.7 Å². The van der Waals surface area contributed by atoms with E-state index in [4.69, 9.17) is 11.6 Å². The van der Waals surface area contributed by atoms with Gasteiger partial charge in [-0.25, -0.2) is 9.37 Å². The van der Waals surface area contributed by atoms with Gasteiger partial charge in [0.2, 0.25) is 0 Å². The number of amides is 1. The lowest BCUT2D eigenvalue weighted by molar-refractivity contribution is -0.384. The molecule has 0 radical (unpaired) electrons. The van der Waals surface area contributed by atoms with Crippen molar-refractivity contribution in [3.63, 3.8) is 0 Å². The standard InChI is InChI=1S/C13H9ClFN3O3/c1-7-4-9(18(20)21)2-3-11(7)17-13(19)10-5-8(15)6-16-12(10)14/h2-6H,1H3,(H,17,19). The molecule has 0 bridgehead atoms. The number of aromatic nitrogens is 1. The summed E-state index contributed by atoms with van der Waals surface area (Å²) in [6.45, 7) is 1.61. The minimum atomic E-state index is -0.690. The molecule has 1 aromatic heterocycles. The third-order valence-electron chi connectivity index (χ3n) is 2.72. The zero-order valence-corrected chi connectivity index (χ0v) is 11.5. The van der Waals surface area contributed by atoms with Crippen molar-refractivity contribution in [2.24, 2.45) is 0 Å². The van der Waals surface area contributed by atoms with Crippen LogP contribution in [-0.2, 0) is 0 Å². The number of nitro benzene ring substituents is 1. The maximum Gasteiger partial charge on any atom is 0.269 e. The van der Waals surface area contributed by atoms with Gasteiger partial charge in [0.05, 0.1) is 16.7 Å². The molecule has 1 heterocycles. The first kappa shape index (κ1) is 14.9. The average Bonchev–Trinajstić information content (AvgIpc) is 2.43. The normalized spacial score (nSPS) is 10.2. The maximum atomic E-state index is 13.1. The highest BCUT2D eigenvalue weighted by molar-refractivity contribution is 6.33. The summed E-state index contributed by atoms with van der Waals surface area (Å²) >= 11 is 5.74. The summed E-state index contributed by atoms with van der Waals surface area (Å²) in [4.78, 5) is 25.7. The van der Waals surface area contributed by atoms with Gasteiger partial charge in [0.1, 0.15) is 11.0 Å². The molecule has 1 amide bonds. The van der Waals surface area contributed by atoms with Crippen LogP contribution < -0.4 is 5.32 Å². The van der Waals surface area contributed by atoms with Crippen LogP contribution in [0.25, 0.3) is 0 Å². The molecule has 6 nitrogen and oxygen atoms in total. The van der Waals surface area contributed by atoms with E-state index >= 15 is 0 Å². The monoisotopic (exact) mass is 309 g/mol. The fourth-order valence-corrected chi connectivity index (χ4v) is 1.86. The molecule has 0 saturated carbocycles. The van der Waals surface area contributed by atoms with E-state index in [0.29, 0.717) is 11.3 Å². The number of non-ortho nitro benzene ring substituents is 1. The number of halogens is 2. The summed E-state index contributed by atoms with van der Waals surface area (Å²) in [5, 5.41) is 13.0. The number of carbonyl (C=O) groups excluding carboxylic acids is 1. The molecule has 108 valence electrons. The summed E-state index contributed by atoms with van der Waals surface area (Å²) in [6.07, 6.45) is 0.899. The molecule has 1 N–H and O–H groups in total. The Labute approximate surface area is 123 Å². The minimum absolute atomic E-state index is 0.0871. The number of nitro groups is 1. The van der Waals surface area contributed by atoms with E-state index in [1.807, 2.05) is 0 Å². The van der Waals surface area contributed by atoms with E-state index < -0.39 is 16.6 Å². The SMILES string of the molecule is Cc1cc([N+](=O)[O-])ccc1NC(=O)c1cc(F)cnc1Cl. The predicted octanol–water partition coefficient (Wildman–Crippen LogP) is 3.34. The lowest BCUT2D eigenvalue weighted by atomic mass is 10.1. The Balaban J connectivity index is 2.27. The van der Waals surface area contributed by atoms with E-state index in [-0.39, 0.29) is 16.4 Å². The minimum Gasteiger partial charge on any atom is -0.322 e. The van der Waals surface area contributed by atoms with E-state index in [9.17, 15) is 19.3 Å². The maximum absolute atomic E-state index is 13.1. The van der Waals surface area contributed by atoms with Crippen LogP contribution in [0.15, 0.2) is 30.5 Å². The summed E-state index contributed by atoms with van der Waals surface area (Å²) < 4.78 is 13.1. The van der Waals surface area contributed by atoms with E-state index in [0.717, 1.165) is 12.3 Å². The quantitative estimate of drug-likeness (QED) is 0.535. The van der Waals surface area contributed by atoms with Gasteiger partial charge in [0.15, 0.2) is 0 Å². The fourth-order valence-electron chi connectivity index (χ4n) is 1.67. The number of carbonyl (C=O) groups is 1. The number of anilines is 1. The molecule has 0 aliphatic heterocycles. The third-order valence-corrected chi connectivity index (χ3v) is 3.02. The number of rotatable bonds is 3. The van der Waals surface area contributed by atoms with Crippen molar-refractivity contribution in [1.29, 1.82) is 0 Å². The number of hydrogen-bond acceptors (Lipinski definition) is 4. The molecular weight excluding hydrogens is 301 g/mol. The molecule has 1 aromatic carbocycles. The van der Waals surface area contributed by atoms with Crippen molar-refractivity contribution in [2.45, 2.75) is 6.92 Å². The Kier molecular flexibility index (Phi) is 4.13. The molecule has 2 rings (SSSR count). The second kappa shape index (κ2) is 5.84. The van der Waals surface area contributed by atoms with Gasteiger partial charge in [-0.15, -0.1) is 0 Å². The second-order valence-corrected chi connectivity index (χ2v) is 4.56. The molecule has 21 heavy (non-hydrogen) atoms. The van der Waals surface area contributed by atoms with Crippen molar-refractivity contribution < 1.29 is 14.1 Å². The topological polar surface area (TPSA) is 85.1 Å². The Hall–Kier alpha value is -2.54. The van der Waals surface area contributed by atoms with E-state index in [1.54, 1.807) is 6.92 Å². The van der Waals surface area contributed by atoms with Crippen molar-refractivity contribution in [3.8, 4) is 0 Å². The van der Waals surface area contributed by atoms with Gasteiger partial charge < -0.3 is 5.32 Å². The predicted molar refractivity (Wildman–Crippen MR) is 75.0 cm³/mol. The molecule has 0 fully saturated rings. The Morgan fingerprint density at radius 1 is 1.43 bits per heavy atom. The van der Waals surface area contributed by atoms with Crippen LogP contribution in [0.3, 0.4) is 0 Å². The van der Waals surface area contributed by atoms with Crippen molar-refractivity contribution in [1.82, 2.24) is 4.98 Å². The van der Waals surface area contributed by atoms with Crippen LogP contribution in [0.1, 0.15) is 15.9 Å². The lowest BCUT2D eigenvalue weighted by Gasteiger charge is -2.09. The van der Waals surface area contributed by atoms with Gasteiger partial charge >= 0.3 is 0 Å². The van der Waals surface area contributed by atoms with E-state index in [2.05, 4.69) is 10.3 Å². The zero-order chi connectivity index (χ0) is 15.6. The average molecular weight is 310 g/mol. The highest BCUT2D eigenvalue weighted by Crippen LogP contribution is 2.23. The fraction of sp³-hybridized carbons (Fsp3) is 0.0769. The molecule has 8 heteroatoms. The summed E-state index contributed by atoms with van der Waals surface area (Å²) in [6, 6.07) is 4.94. The molecule has 0 unspecified atom stereocenters. The highest BCUT2D eigenvalue weighted by Gasteiger charge is 2.15. The molecule has 2 aromatic rings. The van der Waals surface area contributed by atoms with E-state index in [1.165, 1.54) is 18.2 Å². The Bertz CT molecular complexity index is 737. The van der Waals surface area contributed by atoms with Gasteiger partial charge in [-0.2, -0.15) is 0 Å². The first-order chi connectivity index (χ1) is 9.88.